The Balaban J connectivity index is 0.000000257. The summed E-state index contributed by atoms with van der Waals surface area (Å²) < 4.78 is 19.6. The van der Waals surface area contributed by atoms with Gasteiger partial charge in [0.2, 0.25) is 12.5 Å². The number of nitrogens with one attached hydrogen (secondary N) is 1. The van der Waals surface area contributed by atoms with E-state index in [0.717, 1.165) is 119 Å². The number of hydrogen-bond donors (Lipinski definition) is 1. The summed E-state index contributed by atoms with van der Waals surface area (Å²) in [5.41, 5.74) is 5.92. The molecule has 7 aromatic rings. The molecule has 19 heteroatoms. The van der Waals surface area contributed by atoms with Crippen LogP contribution < -0.4 is 21.2 Å². The fourth-order valence-corrected chi connectivity index (χ4v) is 16.3. The summed E-state index contributed by atoms with van der Waals surface area (Å²) in [6, 6.07) is 71.8. The van der Waals surface area contributed by atoms with E-state index in [1.807, 2.05) is 109 Å². The summed E-state index contributed by atoms with van der Waals surface area (Å²) in [4.78, 5) is 77.1. The first-order valence-electron chi connectivity index (χ1n) is 32.0. The number of ether oxygens (including phenoxy) is 3. The molecule has 5 aliphatic rings. The molecule has 95 heavy (non-hydrogen) atoms. The molecule has 1 N–H and O–H groups in total. The molecule has 5 saturated heterocycles. The number of likely N-dealkylation sites (tertiary alicyclic amines) is 4. The van der Waals surface area contributed by atoms with E-state index in [1.54, 1.807) is 11.9 Å². The number of esters is 3. The number of Topliss-reactive ketones (excluding diaryl/α,β-unsaturated/α-hetero) is 1. The molecule has 2 unspecified atom stereocenters. The minimum Gasteiger partial charge on any atom is -0.469 e. The van der Waals surface area contributed by atoms with E-state index in [0.29, 0.717) is 25.3 Å². The number of methoxy groups -OCH3 is 3. The van der Waals surface area contributed by atoms with Gasteiger partial charge < -0.3 is 19.5 Å². The number of ketones is 1. The maximum Gasteiger partial charge on any atom is 0.331 e. The molecule has 0 saturated carbocycles. The first kappa shape index (κ1) is 76.5. The number of carbonyl (C=O) groups is 5. The van der Waals surface area contributed by atoms with Gasteiger partial charge in [0.15, 0.2) is 0 Å². The Morgan fingerprint density at radius 2 is 0.968 bits per heavy atom. The maximum absolute atomic E-state index is 12.3. The van der Waals surface area contributed by atoms with E-state index in [1.165, 1.54) is 43.6 Å². The first-order chi connectivity index (χ1) is 45.7. The van der Waals surface area contributed by atoms with E-state index in [-0.39, 0.29) is 87.1 Å². The van der Waals surface area contributed by atoms with Crippen LogP contribution in [0.2, 0.25) is 0 Å². The Morgan fingerprint density at radius 1 is 0.568 bits per heavy atom. The third-order valence-corrected chi connectivity index (χ3v) is 21.2. The van der Waals surface area contributed by atoms with E-state index in [4.69, 9.17) is 10.8 Å². The molecule has 1 spiro atoms. The molecule has 0 bridgehead atoms. The van der Waals surface area contributed by atoms with Crippen molar-refractivity contribution in [2.24, 2.45) is 10.8 Å². The number of nitro groups is 1. The van der Waals surface area contributed by atoms with E-state index in [9.17, 15) is 34.1 Å². The monoisotopic (exact) mass is 1530 g/mol. The van der Waals surface area contributed by atoms with Gasteiger partial charge in [-0.15, -0.1) is 0 Å². The largest absolute Gasteiger partial charge is 0.469 e. The molecule has 0 aromatic heterocycles. The van der Waals surface area contributed by atoms with Crippen LogP contribution in [0.5, 0.6) is 0 Å². The van der Waals surface area contributed by atoms with Crippen LogP contribution in [0.1, 0.15) is 69.6 Å². The SMILES string of the molecule is C.COC(=O)/C=C1/CCN(Cc2ccccc2)C1.COC(=O)C=P(c1ccccc1)(c1ccccc1)c1ccccc1.COC(=O)CC1(C[N+](=O)[O-])CCN(Cc2ccccc2)C1.O=C1CC2(CCN(Cc3ccccc3)C2)CN1.O=C1CCN(Cc2ccccc2)C1.[2H][B].[HH].[U]. The van der Waals surface area contributed by atoms with Crippen LogP contribution in [0.15, 0.2) is 224 Å². The van der Waals surface area contributed by atoms with Crippen LogP contribution in [-0.2, 0) is 64.4 Å². The fraction of sp³-hybridized carbons (Fsp3) is 0.342. The summed E-state index contributed by atoms with van der Waals surface area (Å²) >= 11 is 0. The van der Waals surface area contributed by atoms with Crippen LogP contribution in [0, 0.1) is 52.1 Å². The summed E-state index contributed by atoms with van der Waals surface area (Å²) in [6.45, 7) is 9.00. The Kier molecular flexibility index (Phi) is 32.3. The summed E-state index contributed by atoms with van der Waals surface area (Å²) in [5.74, 6) is 1.44. The van der Waals surface area contributed by atoms with Crippen LogP contribution in [-0.4, -0.2) is 156 Å². The minimum atomic E-state index is -2.23. The average Bonchev–Trinajstić information content (AvgIpc) is 1.73. The summed E-state index contributed by atoms with van der Waals surface area (Å²) in [5, 5.41) is 17.3. The molecule has 1 amide bonds. The molecule has 2 atom stereocenters. The van der Waals surface area contributed by atoms with Crippen molar-refractivity contribution < 1.29 is 75.6 Å². The zero-order valence-electron chi connectivity index (χ0n) is 55.3. The smallest absolute Gasteiger partial charge is 0.331 e. The predicted octanol–water partition coefficient (Wildman–Crippen LogP) is 9.76. The van der Waals surface area contributed by atoms with Crippen molar-refractivity contribution in [3.8, 4) is 0 Å². The summed E-state index contributed by atoms with van der Waals surface area (Å²) in [6.07, 6.45) is 5.93. The standard InChI is InChI=1S/C21H19O2P.C15H20N2O4.C14H18N2O.C14H17NO2.C11H13NO.CH4.BH.U.H2/c1-23-21(22)17-24(18-11-5-2-6-12-18,19-13-7-3-8-14-19)20-15-9-4-10-16-20;1-21-14(18)9-15(12-17(19)20)7-8-16(11-15)10-13-5-3-2-4-6-13;17-13-8-14(10-15-13)6-7-16(11-14)9-12-4-2-1-3-5-12;1-17-14(16)9-13-7-8-15(11-13)10-12-5-3-2-4-6-12;13-11-6-7-12(9-11)8-10-4-2-1-3-5-10;;;;/h2-17H,1H3;2-6H,7-12H2,1H3;1-5H,6-11H2,(H,15,17);2-6,9H,7-8,10-11H2,1H3;1-5H,6-9H2;1H4;1H;;1H/b;;;13-9-;;;;;/i;;;;;;1D;;. The minimum absolute atomic E-state index is 0. The first-order valence-corrected chi connectivity index (χ1v) is 33.3. The van der Waals surface area contributed by atoms with Crippen molar-refractivity contribution in [1.29, 1.82) is 1.34 Å². The molecule has 5 heterocycles. The third-order valence-electron chi connectivity index (χ3n) is 17.2. The number of nitrogens with zero attached hydrogens (tertiary/aromatic N) is 5. The van der Waals surface area contributed by atoms with Gasteiger partial charge in [0.1, 0.15) is 5.78 Å². The van der Waals surface area contributed by atoms with Gasteiger partial charge in [0, 0.05) is 141 Å². The molecule has 0 aliphatic carbocycles. The van der Waals surface area contributed by atoms with E-state index < -0.39 is 12.3 Å². The number of benzene rings is 7. The van der Waals surface area contributed by atoms with Crippen molar-refractivity contribution in [1.82, 2.24) is 24.9 Å². The average molecular weight is 1530 g/mol. The van der Waals surface area contributed by atoms with Crippen molar-refractivity contribution >= 4 is 66.6 Å². The molecular weight excluding hydrogens is 1440 g/mol. The fourth-order valence-electron chi connectivity index (χ4n) is 12.6. The topological polar surface area (TPSA) is 181 Å². The Labute approximate surface area is 590 Å². The van der Waals surface area contributed by atoms with Crippen LogP contribution in [0.4, 0.5) is 0 Å². The van der Waals surface area contributed by atoms with Gasteiger partial charge in [0.25, 0.3) is 0 Å². The second-order valence-electron chi connectivity index (χ2n) is 24.2. The van der Waals surface area contributed by atoms with Crippen molar-refractivity contribution in [3.63, 3.8) is 0 Å². The molecule has 5 aliphatic heterocycles. The zero-order valence-corrected chi connectivity index (χ0v) is 59.4. The molecular formula is C76H94BN6O10PU. The predicted molar refractivity (Wildman–Crippen MR) is 381 cm³/mol. The van der Waals surface area contributed by atoms with Gasteiger partial charge in [-0.25, -0.2) is 9.59 Å². The summed E-state index contributed by atoms with van der Waals surface area (Å²) in [7, 11) is 7.91. The van der Waals surface area contributed by atoms with Crippen LogP contribution >= 0.6 is 6.89 Å². The molecule has 5 fully saturated rings. The van der Waals surface area contributed by atoms with E-state index >= 15 is 0 Å². The Bertz CT molecular complexity index is 3480. The quantitative estimate of drug-likeness (QED) is 0.0173. The van der Waals surface area contributed by atoms with Gasteiger partial charge in [0.05, 0.1) is 39.7 Å². The van der Waals surface area contributed by atoms with Gasteiger partial charge >= 0.3 is 17.9 Å². The normalized spacial score (nSPS) is 18.6. The van der Waals surface area contributed by atoms with Crippen molar-refractivity contribution in [2.75, 3.05) is 86.8 Å². The van der Waals surface area contributed by atoms with Crippen molar-refractivity contribution in [2.45, 2.75) is 72.1 Å². The second-order valence-corrected chi connectivity index (χ2v) is 27.5. The zero-order chi connectivity index (χ0) is 67.0. The number of amides is 1. The molecule has 7 aromatic carbocycles. The van der Waals surface area contributed by atoms with Gasteiger partial charge in [-0.3, -0.25) is 44.1 Å². The number of hydrogen-bond acceptors (Lipinski definition) is 14. The molecule has 12 rings (SSSR count). The Hall–Kier alpha value is -7.51. The van der Waals surface area contributed by atoms with Crippen LogP contribution in [0.3, 0.4) is 0 Å². The van der Waals surface area contributed by atoms with Crippen molar-refractivity contribution in [3.05, 3.63) is 256 Å². The second kappa shape index (κ2) is 40.1. The molecule has 500 valence electrons. The van der Waals surface area contributed by atoms with E-state index in [2.05, 4.69) is 141 Å². The van der Waals surface area contributed by atoms with Gasteiger partial charge in [-0.2, -0.15) is 0 Å². The van der Waals surface area contributed by atoms with Crippen LogP contribution in [0.25, 0.3) is 0 Å². The Morgan fingerprint density at radius 3 is 1.36 bits per heavy atom. The number of carbonyl (C=O) groups excluding carboxylic acids is 5. The molecule has 2 radical (unpaired) electrons. The number of rotatable bonds is 17. The van der Waals surface area contributed by atoms with Gasteiger partial charge in [-0.1, -0.05) is 220 Å². The maximum atomic E-state index is 12.3. The third kappa shape index (κ3) is 24.6. The molecule has 16 nitrogen and oxygen atoms in total. The van der Waals surface area contributed by atoms with Gasteiger partial charge in [-0.05, 0) is 84.3 Å².